The van der Waals surface area contributed by atoms with Crippen LogP contribution in [0.2, 0.25) is 0 Å². The van der Waals surface area contributed by atoms with Gasteiger partial charge < -0.3 is 15.0 Å². The van der Waals surface area contributed by atoms with E-state index in [1.54, 1.807) is 7.11 Å². The van der Waals surface area contributed by atoms with E-state index in [9.17, 15) is 4.79 Å². The van der Waals surface area contributed by atoms with E-state index in [-0.39, 0.29) is 11.8 Å². The number of benzene rings is 2. The van der Waals surface area contributed by atoms with Crippen LogP contribution in [0.25, 0.3) is 10.8 Å². The molecule has 2 aromatic carbocycles. The number of piperidine rings is 1. The maximum Gasteiger partial charge on any atom is 0.225 e. The summed E-state index contributed by atoms with van der Waals surface area (Å²) >= 11 is 0. The minimum atomic E-state index is -0.417. The molecule has 0 aromatic heterocycles. The Balaban J connectivity index is 1.74. The molecule has 2 atom stereocenters. The van der Waals surface area contributed by atoms with Crippen molar-refractivity contribution in [1.29, 1.82) is 0 Å². The fourth-order valence-corrected chi connectivity index (χ4v) is 4.07. The molecule has 2 aromatic rings. The number of hydrogen-bond donors (Lipinski definition) is 1. The number of carbonyl (C=O) groups excluding carboxylic acids is 1. The van der Waals surface area contributed by atoms with Crippen molar-refractivity contribution in [2.24, 2.45) is 5.92 Å². The van der Waals surface area contributed by atoms with Crippen molar-refractivity contribution in [3.63, 3.8) is 0 Å². The van der Waals surface area contributed by atoms with Gasteiger partial charge in [0, 0.05) is 19.7 Å². The third kappa shape index (κ3) is 3.92. The van der Waals surface area contributed by atoms with Gasteiger partial charge in [-0.1, -0.05) is 42.5 Å². The second-order valence-electron chi connectivity index (χ2n) is 7.96. The van der Waals surface area contributed by atoms with Crippen molar-refractivity contribution >= 4 is 16.7 Å². The van der Waals surface area contributed by atoms with Crippen molar-refractivity contribution in [2.45, 2.75) is 38.3 Å². The number of amides is 1. The third-order valence-electron chi connectivity index (χ3n) is 5.61. The van der Waals surface area contributed by atoms with E-state index < -0.39 is 5.54 Å². The fraction of sp³-hybridized carbons (Fsp3) is 0.500. The molecule has 4 heteroatoms. The Labute approximate surface area is 156 Å². The number of methoxy groups -OCH3 is 1. The van der Waals surface area contributed by atoms with E-state index in [4.69, 9.17) is 4.74 Å². The van der Waals surface area contributed by atoms with E-state index >= 15 is 0 Å². The summed E-state index contributed by atoms with van der Waals surface area (Å²) in [4.78, 5) is 15.2. The Morgan fingerprint density at radius 2 is 1.92 bits per heavy atom. The minimum absolute atomic E-state index is 0.0300. The first-order valence-corrected chi connectivity index (χ1v) is 9.42. The maximum atomic E-state index is 13.0. The van der Waals surface area contributed by atoms with Gasteiger partial charge in [-0.05, 0) is 50.1 Å². The molecule has 26 heavy (non-hydrogen) atoms. The standard InChI is InChI=1S/C22H30N2O2/c1-22(2,20-11-7-9-16-8-5-6-10-19(16)20)23-21(25)17-12-13-18(15-26-4)24(3)14-17/h5-11,17-18H,12-15H2,1-4H3,(H,23,25)/t17-,18+/m0/s1. The van der Waals surface area contributed by atoms with Crippen LogP contribution in [0.3, 0.4) is 0 Å². The summed E-state index contributed by atoms with van der Waals surface area (Å²) in [6.45, 7) is 5.69. The predicted molar refractivity (Wildman–Crippen MR) is 106 cm³/mol. The van der Waals surface area contributed by atoms with Gasteiger partial charge in [0.05, 0.1) is 18.1 Å². The highest BCUT2D eigenvalue weighted by Crippen LogP contribution is 2.29. The van der Waals surface area contributed by atoms with Crippen molar-refractivity contribution in [3.05, 3.63) is 48.0 Å². The van der Waals surface area contributed by atoms with Crippen LogP contribution in [0, 0.1) is 5.92 Å². The highest BCUT2D eigenvalue weighted by atomic mass is 16.5. The lowest BCUT2D eigenvalue weighted by atomic mass is 9.87. The highest BCUT2D eigenvalue weighted by Gasteiger charge is 2.33. The molecule has 3 rings (SSSR count). The number of carbonyl (C=O) groups is 1. The van der Waals surface area contributed by atoms with Gasteiger partial charge >= 0.3 is 0 Å². The zero-order valence-electron chi connectivity index (χ0n) is 16.3. The molecule has 140 valence electrons. The number of fused-ring (bicyclic) bond motifs is 1. The minimum Gasteiger partial charge on any atom is -0.383 e. The van der Waals surface area contributed by atoms with Gasteiger partial charge in [0.25, 0.3) is 0 Å². The van der Waals surface area contributed by atoms with E-state index in [1.807, 2.05) is 6.07 Å². The molecular weight excluding hydrogens is 324 g/mol. The predicted octanol–water partition coefficient (Wildman–Crippen LogP) is 3.55. The van der Waals surface area contributed by atoms with E-state index in [2.05, 4.69) is 67.5 Å². The molecule has 1 aliphatic rings. The van der Waals surface area contributed by atoms with Crippen LogP contribution in [-0.2, 0) is 15.1 Å². The van der Waals surface area contributed by atoms with Crippen LogP contribution in [0.5, 0.6) is 0 Å². The largest absolute Gasteiger partial charge is 0.383 e. The lowest BCUT2D eigenvalue weighted by molar-refractivity contribution is -0.129. The average Bonchev–Trinajstić information content (AvgIpc) is 2.62. The summed E-state index contributed by atoms with van der Waals surface area (Å²) in [6.07, 6.45) is 1.91. The normalized spacial score (nSPS) is 21.7. The first-order chi connectivity index (χ1) is 12.4. The number of likely N-dealkylation sites (N-methyl/N-ethyl adjacent to an activating group) is 1. The SMILES string of the molecule is COC[C@H]1CC[C@H](C(=O)NC(C)(C)c2cccc3ccccc23)CN1C. The molecule has 1 amide bonds. The number of ether oxygens (including phenoxy) is 1. The molecule has 1 fully saturated rings. The lowest BCUT2D eigenvalue weighted by Gasteiger charge is -2.38. The van der Waals surface area contributed by atoms with Crippen LogP contribution in [0.1, 0.15) is 32.3 Å². The maximum absolute atomic E-state index is 13.0. The van der Waals surface area contributed by atoms with Crippen LogP contribution in [0.15, 0.2) is 42.5 Å². The first kappa shape index (κ1) is 18.9. The van der Waals surface area contributed by atoms with Gasteiger partial charge in [-0.3, -0.25) is 4.79 Å². The smallest absolute Gasteiger partial charge is 0.225 e. The fourth-order valence-electron chi connectivity index (χ4n) is 4.07. The van der Waals surface area contributed by atoms with Crippen molar-refractivity contribution in [3.8, 4) is 0 Å². The van der Waals surface area contributed by atoms with Crippen LogP contribution < -0.4 is 5.32 Å². The van der Waals surface area contributed by atoms with Crippen molar-refractivity contribution < 1.29 is 9.53 Å². The monoisotopic (exact) mass is 354 g/mol. The molecule has 4 nitrogen and oxygen atoms in total. The molecule has 0 unspecified atom stereocenters. The first-order valence-electron chi connectivity index (χ1n) is 9.42. The summed E-state index contributed by atoms with van der Waals surface area (Å²) in [6, 6.07) is 15.0. The Morgan fingerprint density at radius 1 is 1.19 bits per heavy atom. The van der Waals surface area contributed by atoms with Gasteiger partial charge in [-0.15, -0.1) is 0 Å². The Morgan fingerprint density at radius 3 is 2.65 bits per heavy atom. The summed E-state index contributed by atoms with van der Waals surface area (Å²) in [5, 5.41) is 5.70. The number of nitrogens with one attached hydrogen (secondary N) is 1. The zero-order valence-corrected chi connectivity index (χ0v) is 16.3. The Hall–Kier alpha value is -1.91. The molecule has 1 heterocycles. The van der Waals surface area contributed by atoms with Gasteiger partial charge in [0.15, 0.2) is 0 Å². The summed E-state index contributed by atoms with van der Waals surface area (Å²) in [5.41, 5.74) is 0.741. The quantitative estimate of drug-likeness (QED) is 0.893. The number of nitrogens with zero attached hydrogens (tertiary/aromatic N) is 1. The van der Waals surface area contributed by atoms with Gasteiger partial charge in [-0.25, -0.2) is 0 Å². The molecule has 1 aliphatic heterocycles. The molecule has 0 aliphatic carbocycles. The molecule has 1 N–H and O–H groups in total. The van der Waals surface area contributed by atoms with Crippen molar-refractivity contribution in [2.75, 3.05) is 27.3 Å². The summed E-state index contributed by atoms with van der Waals surface area (Å²) in [5.74, 6) is 0.174. The van der Waals surface area contributed by atoms with Gasteiger partial charge in [-0.2, -0.15) is 0 Å². The van der Waals surface area contributed by atoms with Crippen molar-refractivity contribution in [1.82, 2.24) is 10.2 Å². The summed E-state index contributed by atoms with van der Waals surface area (Å²) < 4.78 is 5.28. The molecule has 1 saturated heterocycles. The molecule has 0 bridgehead atoms. The second-order valence-corrected chi connectivity index (χ2v) is 7.96. The molecular formula is C22H30N2O2. The number of rotatable bonds is 5. The van der Waals surface area contributed by atoms with Crippen LogP contribution in [-0.4, -0.2) is 44.2 Å². The van der Waals surface area contributed by atoms with E-state index in [1.165, 1.54) is 10.8 Å². The third-order valence-corrected chi connectivity index (χ3v) is 5.61. The van der Waals surface area contributed by atoms with Gasteiger partial charge in [0.2, 0.25) is 5.91 Å². The zero-order chi connectivity index (χ0) is 18.7. The second kappa shape index (κ2) is 7.77. The Bertz CT molecular complexity index is 766. The molecule has 0 spiro atoms. The highest BCUT2D eigenvalue weighted by molar-refractivity contribution is 5.88. The number of likely N-dealkylation sites (tertiary alicyclic amines) is 1. The topological polar surface area (TPSA) is 41.6 Å². The van der Waals surface area contributed by atoms with Gasteiger partial charge in [0.1, 0.15) is 0 Å². The van der Waals surface area contributed by atoms with E-state index in [0.717, 1.165) is 31.6 Å². The van der Waals surface area contributed by atoms with E-state index in [0.29, 0.717) is 6.04 Å². The molecule has 0 saturated carbocycles. The summed E-state index contributed by atoms with van der Waals surface area (Å²) in [7, 11) is 3.82. The Kier molecular flexibility index (Phi) is 5.64. The number of hydrogen-bond acceptors (Lipinski definition) is 3. The molecule has 0 radical (unpaired) electrons. The van der Waals surface area contributed by atoms with Crippen LogP contribution in [0.4, 0.5) is 0 Å². The van der Waals surface area contributed by atoms with Crippen LogP contribution >= 0.6 is 0 Å². The average molecular weight is 354 g/mol. The lowest BCUT2D eigenvalue weighted by Crippen LogP contribution is -2.51.